The van der Waals surface area contributed by atoms with Gasteiger partial charge >= 0.3 is 0 Å². The summed E-state index contributed by atoms with van der Waals surface area (Å²) in [5, 5.41) is 11.5. The highest BCUT2D eigenvalue weighted by atomic mass is 19.2. The monoisotopic (exact) mass is 519 g/mol. The lowest BCUT2D eigenvalue weighted by Gasteiger charge is -2.26. The van der Waals surface area contributed by atoms with Crippen LogP contribution in [0.1, 0.15) is 48.1 Å². The summed E-state index contributed by atoms with van der Waals surface area (Å²) in [4.78, 5) is 27.9. The first kappa shape index (κ1) is 25.4. The smallest absolute Gasteiger partial charge is 0.300 e. The molecule has 6 nitrogen and oxygen atoms in total. The maximum Gasteiger partial charge on any atom is 0.300 e. The van der Waals surface area contributed by atoms with Crippen molar-refractivity contribution >= 4 is 23.1 Å². The fourth-order valence-electron chi connectivity index (χ4n) is 5.22. The lowest BCUT2D eigenvalue weighted by molar-refractivity contribution is -0.132. The van der Waals surface area contributed by atoms with E-state index in [1.54, 1.807) is 31.2 Å². The van der Waals surface area contributed by atoms with Crippen LogP contribution in [0.5, 0.6) is 11.5 Å². The molecule has 1 fully saturated rings. The Morgan fingerprint density at radius 2 is 1.71 bits per heavy atom. The van der Waals surface area contributed by atoms with E-state index >= 15 is 0 Å². The molecule has 1 unspecified atom stereocenters. The predicted octanol–water partition coefficient (Wildman–Crippen LogP) is 5.88. The molecule has 1 atom stereocenters. The summed E-state index contributed by atoms with van der Waals surface area (Å²) < 4.78 is 39.0. The van der Waals surface area contributed by atoms with Crippen LogP contribution in [0.3, 0.4) is 0 Å². The topological polar surface area (TPSA) is 76.1 Å². The Hall–Kier alpha value is -4.20. The fourth-order valence-corrected chi connectivity index (χ4v) is 5.22. The van der Waals surface area contributed by atoms with Gasteiger partial charge in [0, 0.05) is 17.3 Å². The van der Waals surface area contributed by atoms with Gasteiger partial charge in [-0.05, 0) is 79.6 Å². The Morgan fingerprint density at radius 1 is 0.947 bits per heavy atom. The number of aryl methyl sites for hydroxylation is 2. The molecule has 3 aromatic rings. The Labute approximate surface area is 219 Å². The van der Waals surface area contributed by atoms with E-state index in [4.69, 9.17) is 9.47 Å². The van der Waals surface area contributed by atoms with Gasteiger partial charge in [-0.15, -0.1) is 0 Å². The molecule has 3 aromatic carbocycles. The lowest BCUT2D eigenvalue weighted by Crippen LogP contribution is -2.29. The molecule has 0 saturated carbocycles. The highest BCUT2D eigenvalue weighted by molar-refractivity contribution is 6.51. The molecule has 1 N–H and O–H groups in total. The maximum atomic E-state index is 14.2. The third kappa shape index (κ3) is 4.40. The molecule has 1 amide bonds. The van der Waals surface area contributed by atoms with Crippen molar-refractivity contribution in [2.24, 2.45) is 0 Å². The van der Waals surface area contributed by atoms with Gasteiger partial charge in [0.25, 0.3) is 11.7 Å². The highest BCUT2D eigenvalue weighted by Gasteiger charge is 2.47. The van der Waals surface area contributed by atoms with E-state index in [9.17, 15) is 23.5 Å². The summed E-state index contributed by atoms with van der Waals surface area (Å²) in [5.41, 5.74) is 2.96. The SMILES string of the molecule is CCOc1cc(C2/C(=C(\O)c3ccc4c(c3)CCCC4)C(=O)C(=O)N2c2ccc(F)c(F)c2)ccc1OC. The third-order valence-electron chi connectivity index (χ3n) is 7.05. The van der Waals surface area contributed by atoms with Crippen LogP contribution in [0.2, 0.25) is 0 Å². The minimum Gasteiger partial charge on any atom is -0.507 e. The number of halogens is 2. The number of rotatable bonds is 6. The summed E-state index contributed by atoms with van der Waals surface area (Å²) in [6, 6.07) is 12.3. The van der Waals surface area contributed by atoms with Crippen LogP contribution in [0, 0.1) is 11.6 Å². The Bertz CT molecular complexity index is 1460. The predicted molar refractivity (Wildman–Crippen MR) is 138 cm³/mol. The van der Waals surface area contributed by atoms with Gasteiger partial charge < -0.3 is 14.6 Å². The number of aliphatic hydroxyl groups excluding tert-OH is 1. The van der Waals surface area contributed by atoms with E-state index in [1.165, 1.54) is 18.7 Å². The molecule has 1 aliphatic carbocycles. The molecular weight excluding hydrogens is 492 g/mol. The summed E-state index contributed by atoms with van der Waals surface area (Å²) >= 11 is 0. The van der Waals surface area contributed by atoms with Gasteiger partial charge in [-0.2, -0.15) is 0 Å². The Balaban J connectivity index is 1.72. The van der Waals surface area contributed by atoms with Crippen molar-refractivity contribution in [1.29, 1.82) is 0 Å². The number of benzene rings is 3. The standard InChI is InChI=1S/C30H27F2NO5/c1-3-38-25-15-19(10-13-24(25)37-2)27-26(28(34)20-9-8-17-6-4-5-7-18(17)14-20)29(35)30(36)33(27)21-11-12-22(31)23(32)16-21/h8-16,27,34H,3-7H2,1-2H3/b28-26+. The quantitative estimate of drug-likeness (QED) is 0.250. The van der Waals surface area contributed by atoms with E-state index < -0.39 is 29.4 Å². The Kier molecular flexibility index (Phi) is 6.89. The molecule has 0 bridgehead atoms. The second kappa shape index (κ2) is 10.3. The van der Waals surface area contributed by atoms with Gasteiger partial charge in [-0.3, -0.25) is 14.5 Å². The molecule has 38 heavy (non-hydrogen) atoms. The number of fused-ring (bicyclic) bond motifs is 1. The molecule has 196 valence electrons. The second-order valence-corrected chi connectivity index (χ2v) is 9.30. The van der Waals surface area contributed by atoms with Crippen molar-refractivity contribution in [3.05, 3.63) is 94.1 Å². The maximum absolute atomic E-state index is 14.2. The first-order valence-corrected chi connectivity index (χ1v) is 12.5. The molecule has 0 radical (unpaired) electrons. The van der Waals surface area contributed by atoms with Crippen molar-refractivity contribution in [2.75, 3.05) is 18.6 Å². The normalized spacial score (nSPS) is 18.4. The largest absolute Gasteiger partial charge is 0.507 e. The van der Waals surface area contributed by atoms with Crippen LogP contribution < -0.4 is 14.4 Å². The number of amides is 1. The van der Waals surface area contributed by atoms with Crippen LogP contribution in [0.4, 0.5) is 14.5 Å². The average Bonchev–Trinajstić information content (AvgIpc) is 3.19. The molecule has 8 heteroatoms. The lowest BCUT2D eigenvalue weighted by atomic mass is 9.88. The number of carbonyl (C=O) groups is 2. The molecule has 5 rings (SSSR count). The number of hydrogen-bond donors (Lipinski definition) is 1. The Morgan fingerprint density at radius 3 is 2.42 bits per heavy atom. The zero-order valence-corrected chi connectivity index (χ0v) is 21.1. The van der Waals surface area contributed by atoms with Gasteiger partial charge in [0.05, 0.1) is 25.3 Å². The number of ether oxygens (including phenoxy) is 2. The molecule has 1 aliphatic heterocycles. The number of aliphatic hydroxyl groups is 1. The van der Waals surface area contributed by atoms with E-state index in [0.29, 0.717) is 29.2 Å². The summed E-state index contributed by atoms with van der Waals surface area (Å²) in [6.45, 7) is 2.13. The molecule has 2 aliphatic rings. The number of nitrogens with zero attached hydrogens (tertiary/aromatic N) is 1. The van der Waals surface area contributed by atoms with Crippen molar-refractivity contribution in [3.8, 4) is 11.5 Å². The average molecular weight is 520 g/mol. The van der Waals surface area contributed by atoms with Crippen molar-refractivity contribution in [2.45, 2.75) is 38.6 Å². The van der Waals surface area contributed by atoms with Crippen molar-refractivity contribution in [3.63, 3.8) is 0 Å². The number of anilines is 1. The van der Waals surface area contributed by atoms with Crippen LogP contribution in [-0.2, 0) is 22.4 Å². The summed E-state index contributed by atoms with van der Waals surface area (Å²) in [6.07, 6.45) is 3.93. The second-order valence-electron chi connectivity index (χ2n) is 9.30. The minimum absolute atomic E-state index is 0.0192. The number of hydrogen-bond acceptors (Lipinski definition) is 5. The zero-order valence-electron chi connectivity index (χ0n) is 21.1. The van der Waals surface area contributed by atoms with Crippen LogP contribution in [0.25, 0.3) is 5.76 Å². The summed E-state index contributed by atoms with van der Waals surface area (Å²) in [5.74, 6) is -3.66. The molecule has 0 spiro atoms. The molecule has 1 heterocycles. The number of ketones is 1. The van der Waals surface area contributed by atoms with E-state index in [-0.39, 0.29) is 17.0 Å². The molecule has 1 saturated heterocycles. The number of carbonyl (C=O) groups excluding carboxylic acids is 2. The molecular formula is C30H27F2NO5. The first-order chi connectivity index (χ1) is 18.3. The summed E-state index contributed by atoms with van der Waals surface area (Å²) in [7, 11) is 1.49. The van der Waals surface area contributed by atoms with E-state index in [0.717, 1.165) is 48.3 Å². The van der Waals surface area contributed by atoms with Gasteiger partial charge in [0.1, 0.15) is 5.76 Å². The van der Waals surface area contributed by atoms with E-state index in [2.05, 4.69) is 0 Å². The van der Waals surface area contributed by atoms with Crippen LogP contribution in [-0.4, -0.2) is 30.5 Å². The molecule has 0 aromatic heterocycles. The zero-order chi connectivity index (χ0) is 27.0. The number of Topliss-reactive ketones (excluding diaryl/α,β-unsaturated/α-hetero) is 1. The third-order valence-corrected chi connectivity index (χ3v) is 7.05. The van der Waals surface area contributed by atoms with Gasteiger partial charge in [-0.25, -0.2) is 8.78 Å². The van der Waals surface area contributed by atoms with Crippen molar-refractivity contribution < 1.29 is 33.0 Å². The van der Waals surface area contributed by atoms with Crippen molar-refractivity contribution in [1.82, 2.24) is 0 Å². The van der Waals surface area contributed by atoms with Crippen LogP contribution in [0.15, 0.2) is 60.2 Å². The minimum atomic E-state index is -1.16. The first-order valence-electron chi connectivity index (χ1n) is 12.5. The number of methoxy groups -OCH3 is 1. The van der Waals surface area contributed by atoms with Gasteiger partial charge in [0.2, 0.25) is 0 Å². The van der Waals surface area contributed by atoms with E-state index in [1.807, 2.05) is 12.1 Å². The highest BCUT2D eigenvalue weighted by Crippen LogP contribution is 2.44. The van der Waals surface area contributed by atoms with Gasteiger partial charge in [-0.1, -0.05) is 18.2 Å². The van der Waals surface area contributed by atoms with Gasteiger partial charge in [0.15, 0.2) is 23.1 Å². The van der Waals surface area contributed by atoms with Crippen LogP contribution >= 0.6 is 0 Å². The fraction of sp³-hybridized carbons (Fsp3) is 0.267.